The van der Waals surface area contributed by atoms with Crippen molar-refractivity contribution in [2.24, 2.45) is 0 Å². The van der Waals surface area contributed by atoms with Crippen LogP contribution in [0.4, 0.5) is 5.13 Å². The van der Waals surface area contributed by atoms with Crippen molar-refractivity contribution in [3.05, 3.63) is 95.6 Å². The molecule has 0 aliphatic carbocycles. The van der Waals surface area contributed by atoms with Crippen LogP contribution in [-0.2, 0) is 16.0 Å². The maximum atomic E-state index is 13.6. The molecule has 1 amide bonds. The van der Waals surface area contributed by atoms with E-state index in [0.717, 1.165) is 16.0 Å². The van der Waals surface area contributed by atoms with Crippen molar-refractivity contribution in [1.29, 1.82) is 0 Å². The highest BCUT2D eigenvalue weighted by Gasteiger charge is 2.48. The van der Waals surface area contributed by atoms with E-state index >= 15 is 0 Å². The summed E-state index contributed by atoms with van der Waals surface area (Å²) in [5, 5.41) is 11.9. The lowest BCUT2D eigenvalue weighted by Crippen LogP contribution is -2.29. The van der Waals surface area contributed by atoms with Crippen molar-refractivity contribution >= 4 is 44.1 Å². The molecule has 1 fully saturated rings. The number of aliphatic hydroxyl groups is 1. The first-order valence-electron chi connectivity index (χ1n) is 13.4. The third-order valence-electron chi connectivity index (χ3n) is 7.04. The average Bonchev–Trinajstić information content (AvgIpc) is 3.64. The van der Waals surface area contributed by atoms with Gasteiger partial charge in [0.15, 0.2) is 5.13 Å². The zero-order valence-corrected chi connectivity index (χ0v) is 23.4. The van der Waals surface area contributed by atoms with E-state index in [1.54, 1.807) is 42.5 Å². The number of ether oxygens (including phenoxy) is 3. The van der Waals surface area contributed by atoms with Crippen LogP contribution in [0.5, 0.6) is 17.2 Å². The second kappa shape index (κ2) is 10.7. The van der Waals surface area contributed by atoms with Gasteiger partial charge in [0.1, 0.15) is 35.7 Å². The van der Waals surface area contributed by atoms with Gasteiger partial charge in [-0.15, -0.1) is 0 Å². The Kier molecular flexibility index (Phi) is 6.96. The molecule has 8 nitrogen and oxygen atoms in total. The van der Waals surface area contributed by atoms with Crippen LogP contribution in [0.1, 0.15) is 36.6 Å². The summed E-state index contributed by atoms with van der Waals surface area (Å²) in [6, 6.07) is 17.0. The maximum Gasteiger partial charge on any atom is 0.301 e. The summed E-state index contributed by atoms with van der Waals surface area (Å²) in [5.41, 5.74) is 2.68. The van der Waals surface area contributed by atoms with Gasteiger partial charge in [-0.1, -0.05) is 36.1 Å². The molecule has 2 unspecified atom stereocenters. The van der Waals surface area contributed by atoms with E-state index in [1.807, 2.05) is 38.1 Å². The number of benzene rings is 3. The van der Waals surface area contributed by atoms with E-state index in [1.165, 1.54) is 16.2 Å². The Morgan fingerprint density at radius 3 is 2.66 bits per heavy atom. The Morgan fingerprint density at radius 1 is 1.12 bits per heavy atom. The molecule has 4 aromatic rings. The van der Waals surface area contributed by atoms with Crippen LogP contribution in [0.2, 0.25) is 0 Å². The minimum atomic E-state index is -0.904. The fourth-order valence-corrected chi connectivity index (χ4v) is 6.24. The molecule has 0 bridgehead atoms. The normalized spacial score (nSPS) is 19.3. The second-order valence-electron chi connectivity index (χ2n) is 9.85. The number of carbonyl (C=O) groups excluding carboxylic acids is 2. The van der Waals surface area contributed by atoms with E-state index in [9.17, 15) is 14.7 Å². The Morgan fingerprint density at radius 2 is 1.90 bits per heavy atom. The summed E-state index contributed by atoms with van der Waals surface area (Å²) in [4.78, 5) is 33.3. The van der Waals surface area contributed by atoms with Crippen molar-refractivity contribution in [2.45, 2.75) is 32.4 Å². The number of nitrogens with zero attached hydrogens (tertiary/aromatic N) is 2. The first-order valence-corrected chi connectivity index (χ1v) is 14.2. The standard InChI is InChI=1S/C32H28N2O6S/c1-4-14-39-22-9-6-19(7-10-22)28-27(29(35)20-8-13-25-21(16-20)15-18(3)40-25)30(36)31(37)34(28)32-33-24-12-11-23(38-5-2)17-26(24)41-32/h4,6-13,16-18,28,35H,1,5,14-15H2,2-3H3/b29-27-. The number of Topliss-reactive ketones (excluding diaryl/α,β-unsaturated/α-hetero) is 1. The van der Waals surface area contributed by atoms with Gasteiger partial charge in [-0.25, -0.2) is 4.98 Å². The van der Waals surface area contributed by atoms with Gasteiger partial charge < -0.3 is 19.3 Å². The number of hydrogen-bond acceptors (Lipinski definition) is 8. The molecule has 2 atom stereocenters. The Bertz CT molecular complexity index is 1710. The first-order chi connectivity index (χ1) is 19.9. The number of ketones is 1. The molecule has 2 aliphatic rings. The maximum absolute atomic E-state index is 13.6. The monoisotopic (exact) mass is 568 g/mol. The van der Waals surface area contributed by atoms with Gasteiger partial charge in [0.25, 0.3) is 5.78 Å². The van der Waals surface area contributed by atoms with E-state index in [4.69, 9.17) is 19.2 Å². The topological polar surface area (TPSA) is 98.2 Å². The molecule has 0 radical (unpaired) electrons. The van der Waals surface area contributed by atoms with Crippen molar-refractivity contribution in [3.63, 3.8) is 0 Å². The van der Waals surface area contributed by atoms with Gasteiger partial charge in [0.2, 0.25) is 0 Å². The summed E-state index contributed by atoms with van der Waals surface area (Å²) in [6.07, 6.45) is 2.36. The second-order valence-corrected chi connectivity index (χ2v) is 10.9. The highest BCUT2D eigenvalue weighted by atomic mass is 32.1. The third-order valence-corrected chi connectivity index (χ3v) is 8.06. The minimum absolute atomic E-state index is 0.00376. The van der Waals surface area contributed by atoms with Crippen molar-refractivity contribution < 1.29 is 28.9 Å². The van der Waals surface area contributed by atoms with Gasteiger partial charge in [0, 0.05) is 12.0 Å². The Hall–Kier alpha value is -4.63. The molecule has 41 heavy (non-hydrogen) atoms. The van der Waals surface area contributed by atoms with Crippen LogP contribution in [0, 0.1) is 0 Å². The molecular weight excluding hydrogens is 540 g/mol. The van der Waals surface area contributed by atoms with Crippen LogP contribution in [0.3, 0.4) is 0 Å². The average molecular weight is 569 g/mol. The first kappa shape index (κ1) is 26.6. The number of thiazole rings is 1. The number of amides is 1. The third kappa shape index (κ3) is 4.82. The molecule has 0 saturated carbocycles. The number of anilines is 1. The molecule has 6 rings (SSSR count). The molecule has 3 heterocycles. The number of carbonyl (C=O) groups is 2. The number of fused-ring (bicyclic) bond motifs is 2. The smallest absolute Gasteiger partial charge is 0.301 e. The lowest BCUT2D eigenvalue weighted by atomic mass is 9.94. The van der Waals surface area contributed by atoms with E-state index in [2.05, 4.69) is 6.58 Å². The summed E-state index contributed by atoms with van der Waals surface area (Å²) in [7, 11) is 0. The molecule has 3 aromatic carbocycles. The number of aliphatic hydroxyl groups excluding tert-OH is 1. The largest absolute Gasteiger partial charge is 0.507 e. The summed E-state index contributed by atoms with van der Waals surface area (Å²) < 4.78 is 17.9. The highest BCUT2D eigenvalue weighted by molar-refractivity contribution is 7.22. The van der Waals surface area contributed by atoms with Gasteiger partial charge in [-0.2, -0.15) is 0 Å². The highest BCUT2D eigenvalue weighted by Crippen LogP contribution is 2.45. The van der Waals surface area contributed by atoms with Crippen molar-refractivity contribution in [1.82, 2.24) is 4.98 Å². The van der Waals surface area contributed by atoms with Gasteiger partial charge in [-0.3, -0.25) is 14.5 Å². The fourth-order valence-electron chi connectivity index (χ4n) is 5.22. The molecule has 0 spiro atoms. The van der Waals surface area contributed by atoms with E-state index in [-0.39, 0.29) is 17.4 Å². The summed E-state index contributed by atoms with van der Waals surface area (Å²) in [5.74, 6) is 0.275. The predicted octanol–water partition coefficient (Wildman–Crippen LogP) is 6.21. The quantitative estimate of drug-likeness (QED) is 0.117. The van der Waals surface area contributed by atoms with E-state index < -0.39 is 17.7 Å². The van der Waals surface area contributed by atoms with Crippen LogP contribution in [-0.4, -0.2) is 41.1 Å². The molecule has 1 saturated heterocycles. The lowest BCUT2D eigenvalue weighted by molar-refractivity contribution is -0.132. The van der Waals surface area contributed by atoms with Gasteiger partial charge in [0.05, 0.1) is 28.4 Å². The van der Waals surface area contributed by atoms with Crippen LogP contribution in [0.15, 0.2) is 78.9 Å². The van der Waals surface area contributed by atoms with Crippen LogP contribution < -0.4 is 19.1 Å². The number of hydrogen-bond donors (Lipinski definition) is 1. The molecular formula is C32H28N2O6S. The lowest BCUT2D eigenvalue weighted by Gasteiger charge is -2.23. The fraction of sp³-hybridized carbons (Fsp3) is 0.219. The number of aromatic nitrogens is 1. The van der Waals surface area contributed by atoms with Crippen LogP contribution in [0.25, 0.3) is 16.0 Å². The van der Waals surface area contributed by atoms with Gasteiger partial charge >= 0.3 is 5.91 Å². The van der Waals surface area contributed by atoms with Crippen molar-refractivity contribution in [2.75, 3.05) is 18.1 Å². The van der Waals surface area contributed by atoms with Crippen LogP contribution >= 0.6 is 11.3 Å². The molecule has 2 aliphatic heterocycles. The van der Waals surface area contributed by atoms with E-state index in [0.29, 0.717) is 52.9 Å². The summed E-state index contributed by atoms with van der Waals surface area (Å²) in [6.45, 7) is 8.41. The van der Waals surface area contributed by atoms with Crippen molar-refractivity contribution in [3.8, 4) is 17.2 Å². The number of rotatable bonds is 8. The molecule has 208 valence electrons. The molecule has 1 N–H and O–H groups in total. The summed E-state index contributed by atoms with van der Waals surface area (Å²) >= 11 is 1.28. The van der Waals surface area contributed by atoms with Gasteiger partial charge in [-0.05, 0) is 73.5 Å². The molecule has 9 heteroatoms. The Balaban J connectivity index is 1.48. The molecule has 1 aromatic heterocycles. The zero-order valence-electron chi connectivity index (χ0n) is 22.6. The Labute approximate surface area is 241 Å². The minimum Gasteiger partial charge on any atom is -0.507 e. The predicted molar refractivity (Wildman–Crippen MR) is 158 cm³/mol. The zero-order chi connectivity index (χ0) is 28.7. The SMILES string of the molecule is C=CCOc1ccc(C2/C(=C(/O)c3ccc4c(c3)CC(C)O4)C(=O)C(=O)N2c2nc3ccc(OCC)cc3s2)cc1.